The Balaban J connectivity index is 0.00000363. The van der Waals surface area contributed by atoms with Crippen LogP contribution in [0.5, 0.6) is 17.2 Å². The third-order valence-corrected chi connectivity index (χ3v) is 5.43. The van der Waals surface area contributed by atoms with Gasteiger partial charge < -0.3 is 24.4 Å². The van der Waals surface area contributed by atoms with Crippen molar-refractivity contribution in [1.82, 2.24) is 15.1 Å². The number of nitrogens with one attached hydrogen (secondary N) is 1. The van der Waals surface area contributed by atoms with Crippen molar-refractivity contribution >= 4 is 29.9 Å². The van der Waals surface area contributed by atoms with E-state index in [1.165, 1.54) is 13.2 Å². The van der Waals surface area contributed by atoms with Crippen LogP contribution in [0.25, 0.3) is 0 Å². The van der Waals surface area contributed by atoms with E-state index < -0.39 is 0 Å². The predicted molar refractivity (Wildman–Crippen MR) is 135 cm³/mol. The minimum Gasteiger partial charge on any atom is -0.497 e. The van der Waals surface area contributed by atoms with E-state index in [0.717, 1.165) is 61.3 Å². The van der Waals surface area contributed by atoms with Gasteiger partial charge in [0.2, 0.25) is 0 Å². The van der Waals surface area contributed by atoms with Gasteiger partial charge in [0.15, 0.2) is 17.5 Å². The molecule has 0 aliphatic carbocycles. The molecule has 0 saturated carbocycles. The maximum atomic E-state index is 13.9. The Labute approximate surface area is 206 Å². The average molecular weight is 558 g/mol. The zero-order valence-electron chi connectivity index (χ0n) is 19.1. The van der Waals surface area contributed by atoms with Crippen molar-refractivity contribution in [2.75, 3.05) is 54.6 Å². The third kappa shape index (κ3) is 6.61. The highest BCUT2D eigenvalue weighted by molar-refractivity contribution is 14.0. The van der Waals surface area contributed by atoms with Gasteiger partial charge in [0.1, 0.15) is 11.5 Å². The van der Waals surface area contributed by atoms with Gasteiger partial charge in [0.25, 0.3) is 0 Å². The van der Waals surface area contributed by atoms with Crippen LogP contribution in [0.15, 0.2) is 41.4 Å². The van der Waals surface area contributed by atoms with Gasteiger partial charge in [0, 0.05) is 51.9 Å². The van der Waals surface area contributed by atoms with Crippen molar-refractivity contribution in [3.05, 3.63) is 53.3 Å². The number of halogens is 2. The van der Waals surface area contributed by atoms with Crippen molar-refractivity contribution < 1.29 is 18.6 Å². The summed E-state index contributed by atoms with van der Waals surface area (Å²) >= 11 is 0. The van der Waals surface area contributed by atoms with Crippen LogP contribution >= 0.6 is 24.0 Å². The molecule has 1 aliphatic rings. The predicted octanol–water partition coefficient (Wildman–Crippen LogP) is 3.36. The molecule has 176 valence electrons. The van der Waals surface area contributed by atoms with E-state index in [1.54, 1.807) is 27.3 Å². The molecule has 0 aromatic heterocycles. The molecule has 2 aromatic carbocycles. The lowest BCUT2D eigenvalue weighted by Crippen LogP contribution is -2.52. The standard InChI is InChI=1S/C23H31FN4O3.HI/c1-25-23(26-15-17-5-7-22(31-4)20(24)13-17)28-11-9-27(10-12-28)16-18-14-19(29-2)6-8-21(18)30-3;/h5-8,13-14H,9-12,15-16H2,1-4H3,(H,25,26);1H. The first-order valence-corrected chi connectivity index (χ1v) is 10.3. The number of piperazine rings is 1. The fourth-order valence-electron chi connectivity index (χ4n) is 3.70. The van der Waals surface area contributed by atoms with Crippen LogP contribution in [-0.2, 0) is 13.1 Å². The average Bonchev–Trinajstić information content (AvgIpc) is 2.80. The fourth-order valence-corrected chi connectivity index (χ4v) is 3.70. The van der Waals surface area contributed by atoms with E-state index in [1.807, 2.05) is 24.3 Å². The number of hydrogen-bond donors (Lipinski definition) is 1. The van der Waals surface area contributed by atoms with Crippen LogP contribution in [0.4, 0.5) is 4.39 Å². The third-order valence-electron chi connectivity index (χ3n) is 5.43. The molecule has 1 fully saturated rings. The Bertz CT molecular complexity index is 905. The van der Waals surface area contributed by atoms with Crippen molar-refractivity contribution in [3.8, 4) is 17.2 Å². The fraction of sp³-hybridized carbons (Fsp3) is 0.435. The lowest BCUT2D eigenvalue weighted by atomic mass is 10.1. The molecule has 0 bridgehead atoms. The second-order valence-corrected chi connectivity index (χ2v) is 7.31. The van der Waals surface area contributed by atoms with E-state index in [0.29, 0.717) is 6.54 Å². The molecule has 3 rings (SSSR count). The van der Waals surface area contributed by atoms with Gasteiger partial charge in [-0.3, -0.25) is 9.89 Å². The molecule has 0 unspecified atom stereocenters. The number of nitrogens with zero attached hydrogens (tertiary/aromatic N) is 3. The van der Waals surface area contributed by atoms with Gasteiger partial charge >= 0.3 is 0 Å². The first-order chi connectivity index (χ1) is 15.1. The van der Waals surface area contributed by atoms with Crippen LogP contribution in [0.2, 0.25) is 0 Å². The number of ether oxygens (including phenoxy) is 3. The molecule has 0 radical (unpaired) electrons. The number of rotatable bonds is 7. The minimum absolute atomic E-state index is 0. The van der Waals surface area contributed by atoms with Crippen molar-refractivity contribution in [3.63, 3.8) is 0 Å². The van der Waals surface area contributed by atoms with Gasteiger partial charge in [0.05, 0.1) is 21.3 Å². The first kappa shape index (κ1) is 26.0. The normalized spacial score (nSPS) is 14.5. The molecule has 1 N–H and O–H groups in total. The quantitative estimate of drug-likeness (QED) is 0.320. The summed E-state index contributed by atoms with van der Waals surface area (Å²) in [6.07, 6.45) is 0. The van der Waals surface area contributed by atoms with Crippen LogP contribution in [-0.4, -0.2) is 70.3 Å². The molecular formula is C23H32FIN4O3. The Hall–Kier alpha value is -2.27. The summed E-state index contributed by atoms with van der Waals surface area (Å²) < 4.78 is 29.8. The number of benzene rings is 2. The van der Waals surface area contributed by atoms with E-state index >= 15 is 0 Å². The maximum Gasteiger partial charge on any atom is 0.194 e. The number of guanidine groups is 1. The summed E-state index contributed by atoms with van der Waals surface area (Å²) in [7, 11) is 6.59. The van der Waals surface area contributed by atoms with Crippen molar-refractivity contribution in [2.45, 2.75) is 13.1 Å². The van der Waals surface area contributed by atoms with E-state index in [2.05, 4.69) is 20.1 Å². The van der Waals surface area contributed by atoms with Gasteiger partial charge in [-0.2, -0.15) is 0 Å². The summed E-state index contributed by atoms with van der Waals surface area (Å²) in [6.45, 7) is 4.79. The molecule has 0 amide bonds. The highest BCUT2D eigenvalue weighted by atomic mass is 127. The first-order valence-electron chi connectivity index (χ1n) is 10.3. The Morgan fingerprint density at radius 1 is 0.969 bits per heavy atom. The molecule has 7 nitrogen and oxygen atoms in total. The van der Waals surface area contributed by atoms with Crippen LogP contribution in [0.1, 0.15) is 11.1 Å². The van der Waals surface area contributed by atoms with Gasteiger partial charge in [-0.1, -0.05) is 6.07 Å². The highest BCUT2D eigenvalue weighted by Crippen LogP contribution is 2.25. The van der Waals surface area contributed by atoms with Crippen molar-refractivity contribution in [2.24, 2.45) is 4.99 Å². The zero-order chi connectivity index (χ0) is 22.2. The highest BCUT2D eigenvalue weighted by Gasteiger charge is 2.21. The maximum absolute atomic E-state index is 13.9. The second-order valence-electron chi connectivity index (χ2n) is 7.31. The molecule has 1 aliphatic heterocycles. The lowest BCUT2D eigenvalue weighted by molar-refractivity contribution is 0.171. The molecule has 0 atom stereocenters. The molecular weight excluding hydrogens is 526 g/mol. The van der Waals surface area contributed by atoms with Gasteiger partial charge in [-0.25, -0.2) is 4.39 Å². The lowest BCUT2D eigenvalue weighted by Gasteiger charge is -2.36. The van der Waals surface area contributed by atoms with Gasteiger partial charge in [-0.05, 0) is 35.9 Å². The largest absolute Gasteiger partial charge is 0.497 e. The SMILES string of the molecule is CN=C(NCc1ccc(OC)c(F)c1)N1CCN(Cc2cc(OC)ccc2OC)CC1.I. The van der Waals surface area contributed by atoms with E-state index in [4.69, 9.17) is 14.2 Å². The van der Waals surface area contributed by atoms with Crippen LogP contribution in [0, 0.1) is 5.82 Å². The molecule has 1 heterocycles. The molecule has 1 saturated heterocycles. The Morgan fingerprint density at radius 3 is 2.25 bits per heavy atom. The Kier molecular flexibility index (Phi) is 10.3. The summed E-state index contributed by atoms with van der Waals surface area (Å²) in [6, 6.07) is 10.9. The van der Waals surface area contributed by atoms with Crippen LogP contribution < -0.4 is 19.5 Å². The smallest absolute Gasteiger partial charge is 0.194 e. The molecule has 9 heteroatoms. The molecule has 32 heavy (non-hydrogen) atoms. The van der Waals surface area contributed by atoms with Gasteiger partial charge in [-0.15, -0.1) is 24.0 Å². The summed E-state index contributed by atoms with van der Waals surface area (Å²) in [5, 5.41) is 3.33. The molecule has 2 aromatic rings. The zero-order valence-corrected chi connectivity index (χ0v) is 21.4. The minimum atomic E-state index is -0.363. The van der Waals surface area contributed by atoms with E-state index in [9.17, 15) is 4.39 Å². The van der Waals surface area contributed by atoms with Crippen molar-refractivity contribution in [1.29, 1.82) is 0 Å². The Morgan fingerprint density at radius 2 is 1.66 bits per heavy atom. The summed E-state index contributed by atoms with van der Waals surface area (Å²) in [5.74, 6) is 2.39. The second kappa shape index (κ2) is 12.7. The summed E-state index contributed by atoms with van der Waals surface area (Å²) in [4.78, 5) is 9.01. The molecule has 0 spiro atoms. The number of methoxy groups -OCH3 is 3. The topological polar surface area (TPSA) is 58.6 Å². The summed E-state index contributed by atoms with van der Waals surface area (Å²) in [5.41, 5.74) is 1.95. The number of hydrogen-bond acceptors (Lipinski definition) is 5. The monoisotopic (exact) mass is 558 g/mol. The number of aliphatic imine (C=N–C) groups is 1. The van der Waals surface area contributed by atoms with E-state index in [-0.39, 0.29) is 35.5 Å². The van der Waals surface area contributed by atoms with Crippen LogP contribution in [0.3, 0.4) is 0 Å².